The summed E-state index contributed by atoms with van der Waals surface area (Å²) in [4.78, 5) is 21.6. The standard InChI is InChI=1S/C22H20F2N4O3S/c1-12(2)32(30,31)28-18-6-5-17(23)19(20(18)24)21(29)16-11-27-22-15(16)8-14(10-26-22)13-4-3-7-25-9-13/h3-10,12,16,28H,11H2,1-2H3,(H,26,27). The summed E-state index contributed by atoms with van der Waals surface area (Å²) in [5.74, 6) is -3.56. The molecule has 1 aliphatic rings. The summed E-state index contributed by atoms with van der Waals surface area (Å²) >= 11 is 0. The predicted octanol–water partition coefficient (Wildman–Crippen LogP) is 3.96. The SMILES string of the molecule is CC(C)S(=O)(=O)Nc1ccc(F)c(C(=O)C2CNc3ncc(-c4cccnc4)cc32)c1F. The number of carbonyl (C=O) groups is 1. The van der Waals surface area contributed by atoms with Crippen LogP contribution in [0.4, 0.5) is 20.3 Å². The Balaban J connectivity index is 1.72. The van der Waals surface area contributed by atoms with Crippen molar-refractivity contribution in [2.45, 2.75) is 25.0 Å². The highest BCUT2D eigenvalue weighted by Crippen LogP contribution is 2.36. The van der Waals surface area contributed by atoms with Crippen molar-refractivity contribution in [3.05, 3.63) is 71.7 Å². The van der Waals surface area contributed by atoms with Gasteiger partial charge in [-0.1, -0.05) is 6.07 Å². The van der Waals surface area contributed by atoms with E-state index in [-0.39, 0.29) is 6.54 Å². The first-order valence-corrected chi connectivity index (χ1v) is 11.4. The van der Waals surface area contributed by atoms with Crippen molar-refractivity contribution in [3.8, 4) is 11.1 Å². The third kappa shape index (κ3) is 3.93. The maximum Gasteiger partial charge on any atom is 0.235 e. The molecule has 0 amide bonds. The number of ketones is 1. The number of nitrogens with one attached hydrogen (secondary N) is 2. The first-order chi connectivity index (χ1) is 15.2. The van der Waals surface area contributed by atoms with Gasteiger partial charge in [-0.05, 0) is 38.1 Å². The summed E-state index contributed by atoms with van der Waals surface area (Å²) in [6.07, 6.45) is 4.90. The van der Waals surface area contributed by atoms with Crippen LogP contribution in [0, 0.1) is 11.6 Å². The van der Waals surface area contributed by atoms with E-state index in [1.165, 1.54) is 13.8 Å². The fourth-order valence-electron chi connectivity index (χ4n) is 3.43. The Morgan fingerprint density at radius 3 is 2.66 bits per heavy atom. The molecule has 1 atom stereocenters. The van der Waals surface area contributed by atoms with Crippen molar-refractivity contribution >= 4 is 27.3 Å². The number of rotatable bonds is 6. The van der Waals surface area contributed by atoms with Gasteiger partial charge in [0.1, 0.15) is 11.6 Å². The number of sulfonamides is 1. The van der Waals surface area contributed by atoms with Gasteiger partial charge in [0.15, 0.2) is 11.6 Å². The summed E-state index contributed by atoms with van der Waals surface area (Å²) in [6.45, 7) is 2.95. The van der Waals surface area contributed by atoms with Crippen LogP contribution in [-0.4, -0.2) is 36.0 Å². The number of carbonyl (C=O) groups excluding carboxylic acids is 1. The van der Waals surface area contributed by atoms with Crippen molar-refractivity contribution in [2.75, 3.05) is 16.6 Å². The Labute approximate surface area is 184 Å². The van der Waals surface area contributed by atoms with Crippen molar-refractivity contribution in [2.24, 2.45) is 0 Å². The molecule has 1 aromatic carbocycles. The van der Waals surface area contributed by atoms with Crippen molar-refractivity contribution < 1.29 is 22.0 Å². The van der Waals surface area contributed by atoms with E-state index in [0.717, 1.165) is 17.7 Å². The number of aromatic nitrogens is 2. The molecular weight excluding hydrogens is 438 g/mol. The van der Waals surface area contributed by atoms with Gasteiger partial charge < -0.3 is 5.32 Å². The van der Waals surface area contributed by atoms with Crippen LogP contribution in [0.3, 0.4) is 0 Å². The van der Waals surface area contributed by atoms with E-state index in [1.807, 2.05) is 6.07 Å². The lowest BCUT2D eigenvalue weighted by molar-refractivity contribution is 0.0958. The van der Waals surface area contributed by atoms with Gasteiger partial charge in [0, 0.05) is 41.8 Å². The lowest BCUT2D eigenvalue weighted by atomic mass is 9.91. The Hall–Kier alpha value is -3.40. The summed E-state index contributed by atoms with van der Waals surface area (Å²) in [6, 6.07) is 7.17. The molecular formula is C22H20F2N4O3S. The summed E-state index contributed by atoms with van der Waals surface area (Å²) in [7, 11) is -3.89. The predicted molar refractivity (Wildman–Crippen MR) is 117 cm³/mol. The molecule has 32 heavy (non-hydrogen) atoms. The minimum atomic E-state index is -3.89. The molecule has 0 spiro atoms. The highest BCUT2D eigenvalue weighted by molar-refractivity contribution is 7.93. The minimum Gasteiger partial charge on any atom is -0.369 e. The number of halogens is 2. The number of benzene rings is 1. The van der Waals surface area contributed by atoms with E-state index in [4.69, 9.17) is 0 Å². The Morgan fingerprint density at radius 1 is 1.19 bits per heavy atom. The van der Waals surface area contributed by atoms with Crippen LogP contribution in [0.2, 0.25) is 0 Å². The van der Waals surface area contributed by atoms with E-state index < -0.39 is 49.9 Å². The van der Waals surface area contributed by atoms with E-state index in [2.05, 4.69) is 20.0 Å². The van der Waals surface area contributed by atoms with Crippen molar-refractivity contribution in [1.82, 2.24) is 9.97 Å². The second-order valence-electron chi connectivity index (χ2n) is 7.68. The van der Waals surface area contributed by atoms with Crippen LogP contribution in [0.1, 0.15) is 35.7 Å². The second kappa shape index (κ2) is 8.27. The topological polar surface area (TPSA) is 101 Å². The molecule has 4 rings (SSSR count). The molecule has 2 aromatic heterocycles. The molecule has 166 valence electrons. The number of pyridine rings is 2. The fourth-order valence-corrected chi connectivity index (χ4v) is 4.13. The summed E-state index contributed by atoms with van der Waals surface area (Å²) in [5.41, 5.74) is 0.724. The molecule has 0 fully saturated rings. The van der Waals surface area contributed by atoms with E-state index in [1.54, 1.807) is 30.7 Å². The fraction of sp³-hybridized carbons (Fsp3) is 0.227. The Kier molecular flexibility index (Phi) is 5.64. The molecule has 0 radical (unpaired) electrons. The molecule has 0 aliphatic carbocycles. The van der Waals surface area contributed by atoms with E-state index in [0.29, 0.717) is 16.9 Å². The lowest BCUT2D eigenvalue weighted by Crippen LogP contribution is -2.24. The van der Waals surface area contributed by atoms with Gasteiger partial charge in [-0.15, -0.1) is 0 Å². The number of fused-ring (bicyclic) bond motifs is 1. The van der Waals surface area contributed by atoms with Gasteiger partial charge in [0.25, 0.3) is 0 Å². The zero-order valence-corrected chi connectivity index (χ0v) is 18.1. The third-order valence-corrected chi connectivity index (χ3v) is 7.03. The van der Waals surface area contributed by atoms with E-state index >= 15 is 4.39 Å². The van der Waals surface area contributed by atoms with Gasteiger partial charge >= 0.3 is 0 Å². The largest absolute Gasteiger partial charge is 0.369 e. The zero-order valence-electron chi connectivity index (χ0n) is 17.3. The van der Waals surface area contributed by atoms with Crippen LogP contribution in [-0.2, 0) is 10.0 Å². The second-order valence-corrected chi connectivity index (χ2v) is 9.92. The average Bonchev–Trinajstić information content (AvgIpc) is 3.19. The molecule has 0 saturated carbocycles. The molecule has 3 heterocycles. The van der Waals surface area contributed by atoms with Crippen LogP contribution < -0.4 is 10.0 Å². The van der Waals surface area contributed by atoms with Crippen LogP contribution in [0.5, 0.6) is 0 Å². The number of Topliss-reactive ketones (excluding diaryl/α,β-unsaturated/α-hetero) is 1. The molecule has 7 nitrogen and oxygen atoms in total. The van der Waals surface area contributed by atoms with E-state index in [9.17, 15) is 17.6 Å². The average molecular weight is 458 g/mol. The monoisotopic (exact) mass is 458 g/mol. The molecule has 0 bridgehead atoms. The number of hydrogen-bond donors (Lipinski definition) is 2. The Morgan fingerprint density at radius 2 is 1.97 bits per heavy atom. The van der Waals surface area contributed by atoms with Gasteiger partial charge in [0.2, 0.25) is 10.0 Å². The number of anilines is 2. The molecule has 1 unspecified atom stereocenters. The molecule has 2 N–H and O–H groups in total. The maximum absolute atomic E-state index is 15.1. The minimum absolute atomic E-state index is 0.110. The zero-order chi connectivity index (χ0) is 23.0. The molecule has 10 heteroatoms. The highest BCUT2D eigenvalue weighted by atomic mass is 32.2. The molecule has 0 saturated heterocycles. The third-order valence-electron chi connectivity index (χ3n) is 5.29. The maximum atomic E-state index is 15.1. The summed E-state index contributed by atoms with van der Waals surface area (Å²) in [5, 5.41) is 2.14. The van der Waals surface area contributed by atoms with Crippen molar-refractivity contribution in [1.29, 1.82) is 0 Å². The van der Waals surface area contributed by atoms with Crippen LogP contribution in [0.15, 0.2) is 48.9 Å². The van der Waals surface area contributed by atoms with Gasteiger partial charge in [-0.25, -0.2) is 22.2 Å². The smallest absolute Gasteiger partial charge is 0.235 e. The molecule has 3 aromatic rings. The normalized spacial score (nSPS) is 15.3. The van der Waals surface area contributed by atoms with Gasteiger partial charge in [-0.3, -0.25) is 14.5 Å². The first-order valence-electron chi connectivity index (χ1n) is 9.87. The molecule has 1 aliphatic heterocycles. The highest BCUT2D eigenvalue weighted by Gasteiger charge is 2.35. The number of hydrogen-bond acceptors (Lipinski definition) is 6. The van der Waals surface area contributed by atoms with Gasteiger partial charge in [-0.2, -0.15) is 0 Å². The van der Waals surface area contributed by atoms with Crippen LogP contribution >= 0.6 is 0 Å². The Bertz CT molecular complexity index is 1300. The lowest BCUT2D eigenvalue weighted by Gasteiger charge is -2.15. The number of nitrogens with zero attached hydrogens (tertiary/aromatic N) is 2. The summed E-state index contributed by atoms with van der Waals surface area (Å²) < 4.78 is 56.0. The van der Waals surface area contributed by atoms with Crippen LogP contribution in [0.25, 0.3) is 11.1 Å². The van der Waals surface area contributed by atoms with Crippen molar-refractivity contribution in [3.63, 3.8) is 0 Å². The first kappa shape index (κ1) is 21.8. The quantitative estimate of drug-likeness (QED) is 0.542. The van der Waals surface area contributed by atoms with Gasteiger partial charge in [0.05, 0.1) is 22.4 Å².